The molecule has 1 aromatic carbocycles. The Hall–Kier alpha value is -2.66. The fourth-order valence-electron chi connectivity index (χ4n) is 2.18. The molecule has 0 aliphatic carbocycles. The number of hydrogen-bond donors (Lipinski definition) is 1. The molecule has 0 fully saturated rings. The lowest BCUT2D eigenvalue weighted by atomic mass is 10.2. The van der Waals surface area contributed by atoms with E-state index in [-0.39, 0.29) is 27.3 Å². The van der Waals surface area contributed by atoms with E-state index in [0.29, 0.717) is 4.47 Å². The number of H-pyrrole nitrogens is 1. The van der Waals surface area contributed by atoms with Crippen molar-refractivity contribution >= 4 is 27.5 Å². The van der Waals surface area contributed by atoms with E-state index in [2.05, 4.69) is 20.9 Å². The predicted molar refractivity (Wildman–Crippen MR) is 94.6 cm³/mol. The Morgan fingerprint density at radius 2 is 1.89 bits per heavy atom. The Labute approximate surface area is 166 Å². The van der Waals surface area contributed by atoms with Crippen LogP contribution in [0.3, 0.4) is 0 Å². The summed E-state index contributed by atoms with van der Waals surface area (Å²) in [4.78, 5) is 29.5. The number of rotatable bonds is 3. The van der Waals surface area contributed by atoms with Crippen LogP contribution >= 0.6 is 27.5 Å². The van der Waals surface area contributed by atoms with Crippen LogP contribution in [0.15, 0.2) is 50.6 Å². The van der Waals surface area contributed by atoms with Crippen molar-refractivity contribution in [1.82, 2.24) is 14.5 Å². The largest absolute Gasteiger partial charge is 0.437 e. The van der Waals surface area contributed by atoms with Gasteiger partial charge in [0.05, 0.1) is 10.7 Å². The molecule has 0 aliphatic rings. The average Bonchev–Trinajstić information content (AvgIpc) is 2.59. The Morgan fingerprint density at radius 1 is 1.18 bits per heavy atom. The van der Waals surface area contributed by atoms with Crippen molar-refractivity contribution in [3.05, 3.63) is 78.4 Å². The number of alkyl halides is 3. The van der Waals surface area contributed by atoms with Crippen molar-refractivity contribution in [2.45, 2.75) is 6.18 Å². The second-order valence-electron chi connectivity index (χ2n) is 5.31. The third-order valence-electron chi connectivity index (χ3n) is 3.40. The molecule has 3 rings (SSSR count). The molecule has 0 atom stereocenters. The Morgan fingerprint density at radius 3 is 2.46 bits per heavy atom. The number of benzene rings is 1. The molecule has 0 unspecified atom stereocenters. The number of aromatic amines is 1. The molecule has 0 aliphatic heterocycles. The molecule has 0 bridgehead atoms. The molecule has 3 aromatic rings. The lowest BCUT2D eigenvalue weighted by molar-refractivity contribution is -0.141. The summed E-state index contributed by atoms with van der Waals surface area (Å²) in [6.45, 7) is 0. The van der Waals surface area contributed by atoms with E-state index >= 15 is 0 Å². The van der Waals surface area contributed by atoms with Gasteiger partial charge in [-0.3, -0.25) is 4.79 Å². The summed E-state index contributed by atoms with van der Waals surface area (Å²) < 4.78 is 58.7. The van der Waals surface area contributed by atoms with Crippen molar-refractivity contribution in [3.8, 4) is 17.3 Å². The fraction of sp³-hybridized carbons (Fsp3) is 0.0625. The molecular formula is C16H7BrClF4N3O3. The van der Waals surface area contributed by atoms with E-state index < -0.39 is 34.6 Å². The van der Waals surface area contributed by atoms with Crippen LogP contribution in [0.25, 0.3) is 5.69 Å². The van der Waals surface area contributed by atoms with Crippen molar-refractivity contribution in [3.63, 3.8) is 0 Å². The first-order valence-corrected chi connectivity index (χ1v) is 8.46. The third-order valence-corrected chi connectivity index (χ3v) is 4.16. The Balaban J connectivity index is 2.12. The summed E-state index contributed by atoms with van der Waals surface area (Å²) in [7, 11) is 0. The van der Waals surface area contributed by atoms with Crippen molar-refractivity contribution in [2.24, 2.45) is 0 Å². The first-order chi connectivity index (χ1) is 13.1. The first kappa shape index (κ1) is 20.1. The van der Waals surface area contributed by atoms with Crippen LogP contribution in [0.2, 0.25) is 5.02 Å². The number of ether oxygens (including phenoxy) is 1. The number of nitrogens with one attached hydrogen (secondary N) is 1. The molecule has 28 heavy (non-hydrogen) atoms. The molecule has 12 heteroatoms. The molecule has 6 nitrogen and oxygen atoms in total. The minimum Gasteiger partial charge on any atom is -0.437 e. The van der Waals surface area contributed by atoms with Gasteiger partial charge in [0.2, 0.25) is 5.88 Å². The Bertz CT molecular complexity index is 1130. The van der Waals surface area contributed by atoms with Crippen LogP contribution in [0.5, 0.6) is 11.6 Å². The van der Waals surface area contributed by atoms with Gasteiger partial charge in [-0.25, -0.2) is 18.7 Å². The summed E-state index contributed by atoms with van der Waals surface area (Å²) in [5.41, 5.74) is -5.06. The van der Waals surface area contributed by atoms with E-state index in [1.54, 1.807) is 6.07 Å². The lowest BCUT2D eigenvalue weighted by Gasteiger charge is -2.12. The maximum Gasteiger partial charge on any atom is 0.431 e. The molecule has 0 radical (unpaired) electrons. The van der Waals surface area contributed by atoms with Crippen molar-refractivity contribution in [1.29, 1.82) is 0 Å². The third kappa shape index (κ3) is 4.09. The predicted octanol–water partition coefficient (Wildman–Crippen LogP) is 4.29. The second kappa shape index (κ2) is 7.40. The standard InChI is InChI=1S/C16H7BrClF4N3O3/c17-7-1-2-13(23-6-7)28-11-4-10(9(19)3-8(11)18)25-14(26)5-12(16(20,21)22)24-15(25)27/h1-6H,(H,24,27). The van der Waals surface area contributed by atoms with Gasteiger partial charge >= 0.3 is 11.9 Å². The highest BCUT2D eigenvalue weighted by Crippen LogP contribution is 2.32. The van der Waals surface area contributed by atoms with Gasteiger partial charge in [-0.15, -0.1) is 0 Å². The Kier molecular flexibility index (Phi) is 5.31. The quantitative estimate of drug-likeness (QED) is 0.568. The number of halogens is 6. The number of aromatic nitrogens is 3. The van der Waals surface area contributed by atoms with E-state index in [4.69, 9.17) is 16.3 Å². The first-order valence-electron chi connectivity index (χ1n) is 7.28. The monoisotopic (exact) mass is 479 g/mol. The molecule has 146 valence electrons. The molecule has 1 N–H and O–H groups in total. The highest BCUT2D eigenvalue weighted by Gasteiger charge is 2.33. The van der Waals surface area contributed by atoms with E-state index in [0.717, 1.165) is 12.1 Å². The molecule has 0 amide bonds. The lowest BCUT2D eigenvalue weighted by Crippen LogP contribution is -2.36. The van der Waals surface area contributed by atoms with Gasteiger partial charge in [-0.2, -0.15) is 13.2 Å². The van der Waals surface area contributed by atoms with Crippen molar-refractivity contribution < 1.29 is 22.3 Å². The number of pyridine rings is 1. The molecular weight excluding hydrogens is 474 g/mol. The molecule has 0 saturated heterocycles. The summed E-state index contributed by atoms with van der Waals surface area (Å²) in [6.07, 6.45) is -3.53. The van der Waals surface area contributed by atoms with Gasteiger partial charge in [0.15, 0.2) is 0 Å². The highest BCUT2D eigenvalue weighted by molar-refractivity contribution is 9.10. The average molecular weight is 481 g/mol. The van der Waals surface area contributed by atoms with Crippen LogP contribution in [-0.4, -0.2) is 14.5 Å². The smallest absolute Gasteiger partial charge is 0.431 e. The van der Waals surface area contributed by atoms with Gasteiger partial charge in [-0.05, 0) is 28.1 Å². The minimum absolute atomic E-state index is 0.0660. The van der Waals surface area contributed by atoms with Gasteiger partial charge in [0.25, 0.3) is 5.56 Å². The molecule has 0 spiro atoms. The van der Waals surface area contributed by atoms with Crippen LogP contribution in [-0.2, 0) is 6.18 Å². The van der Waals surface area contributed by atoms with Gasteiger partial charge < -0.3 is 9.72 Å². The zero-order valence-corrected chi connectivity index (χ0v) is 15.7. The molecule has 2 heterocycles. The normalized spacial score (nSPS) is 11.5. The topological polar surface area (TPSA) is 77.0 Å². The van der Waals surface area contributed by atoms with Gasteiger partial charge in [-0.1, -0.05) is 11.6 Å². The van der Waals surface area contributed by atoms with Crippen LogP contribution in [0.1, 0.15) is 5.69 Å². The van der Waals surface area contributed by atoms with Crippen molar-refractivity contribution in [2.75, 3.05) is 0 Å². The molecule has 0 saturated carbocycles. The fourth-order valence-corrected chi connectivity index (χ4v) is 2.60. The maximum atomic E-state index is 14.3. The van der Waals surface area contributed by atoms with Crippen LogP contribution in [0.4, 0.5) is 17.6 Å². The maximum absolute atomic E-state index is 14.3. The van der Waals surface area contributed by atoms with Crippen LogP contribution < -0.4 is 16.0 Å². The van der Waals surface area contributed by atoms with E-state index in [1.165, 1.54) is 17.2 Å². The summed E-state index contributed by atoms with van der Waals surface area (Å²) in [6, 6.07) is 4.87. The zero-order chi connectivity index (χ0) is 20.6. The van der Waals surface area contributed by atoms with E-state index in [1.807, 2.05) is 0 Å². The highest BCUT2D eigenvalue weighted by atomic mass is 79.9. The number of hydrogen-bond acceptors (Lipinski definition) is 4. The summed E-state index contributed by atoms with van der Waals surface area (Å²) in [5.74, 6) is -1.22. The number of nitrogens with zero attached hydrogens (tertiary/aromatic N) is 2. The SMILES string of the molecule is O=c1cc(C(F)(F)F)[nH]c(=O)n1-c1cc(Oc2ccc(Br)cn2)c(Cl)cc1F. The zero-order valence-electron chi connectivity index (χ0n) is 13.4. The van der Waals surface area contributed by atoms with E-state index in [9.17, 15) is 27.2 Å². The molecule has 2 aromatic heterocycles. The summed E-state index contributed by atoms with van der Waals surface area (Å²) >= 11 is 9.09. The van der Waals surface area contributed by atoms with Gasteiger partial charge in [0.1, 0.15) is 17.3 Å². The summed E-state index contributed by atoms with van der Waals surface area (Å²) in [5, 5.41) is -0.206. The second-order valence-corrected chi connectivity index (χ2v) is 6.63. The van der Waals surface area contributed by atoms with Gasteiger partial charge in [0, 0.05) is 28.9 Å². The van der Waals surface area contributed by atoms with Crippen LogP contribution in [0, 0.1) is 5.82 Å². The minimum atomic E-state index is -4.95.